The van der Waals surface area contributed by atoms with E-state index in [1.807, 2.05) is 54.6 Å². The van der Waals surface area contributed by atoms with Crippen LogP contribution in [0.1, 0.15) is 50.6 Å². The molecule has 1 N–H and O–H groups in total. The van der Waals surface area contributed by atoms with Crippen molar-refractivity contribution in [2.24, 2.45) is 0 Å². The highest BCUT2D eigenvalue weighted by Crippen LogP contribution is 2.34. The SMILES string of the molecule is N#Cc1ccc2[nH]cc(C3CCN(CCN4C(=O)c5cccc6cccc(c56)C4=O)CC3)c2c1. The average Bonchev–Trinajstić information content (AvgIpc) is 3.30. The maximum Gasteiger partial charge on any atom is 0.261 e. The van der Waals surface area contributed by atoms with Gasteiger partial charge < -0.3 is 9.88 Å². The molecule has 34 heavy (non-hydrogen) atoms. The fraction of sp³-hybridized carbons (Fsp3) is 0.250. The van der Waals surface area contributed by atoms with Crippen molar-refractivity contribution < 1.29 is 9.59 Å². The normalized spacial score (nSPS) is 17.0. The molecule has 3 aromatic carbocycles. The van der Waals surface area contributed by atoms with E-state index in [2.05, 4.69) is 22.1 Å². The van der Waals surface area contributed by atoms with E-state index in [1.54, 1.807) is 0 Å². The van der Waals surface area contributed by atoms with Gasteiger partial charge in [0, 0.05) is 46.7 Å². The minimum Gasteiger partial charge on any atom is -0.361 e. The number of benzene rings is 3. The Bertz CT molecular complexity index is 1440. The summed E-state index contributed by atoms with van der Waals surface area (Å²) in [5.41, 5.74) is 4.25. The molecule has 4 aromatic rings. The number of hydrogen-bond acceptors (Lipinski definition) is 4. The van der Waals surface area contributed by atoms with Crippen molar-refractivity contribution in [2.75, 3.05) is 26.2 Å². The molecule has 6 nitrogen and oxygen atoms in total. The Morgan fingerprint density at radius 1 is 0.941 bits per heavy atom. The maximum atomic E-state index is 13.1. The summed E-state index contributed by atoms with van der Waals surface area (Å²) < 4.78 is 0. The van der Waals surface area contributed by atoms with Crippen LogP contribution in [-0.2, 0) is 0 Å². The molecule has 1 aromatic heterocycles. The van der Waals surface area contributed by atoms with Gasteiger partial charge in [-0.2, -0.15) is 5.26 Å². The first-order valence-electron chi connectivity index (χ1n) is 11.8. The number of carbonyl (C=O) groups is 2. The summed E-state index contributed by atoms with van der Waals surface area (Å²) in [6.45, 7) is 2.90. The number of nitrogens with zero attached hydrogens (tertiary/aromatic N) is 3. The largest absolute Gasteiger partial charge is 0.361 e. The Kier molecular flexibility index (Phi) is 4.93. The molecule has 6 heteroatoms. The van der Waals surface area contributed by atoms with Crippen molar-refractivity contribution >= 4 is 33.5 Å². The van der Waals surface area contributed by atoms with Gasteiger partial charge in [0.15, 0.2) is 0 Å². The van der Waals surface area contributed by atoms with Crippen LogP contribution in [0.5, 0.6) is 0 Å². The van der Waals surface area contributed by atoms with Crippen LogP contribution in [0.25, 0.3) is 21.7 Å². The highest BCUT2D eigenvalue weighted by molar-refractivity contribution is 6.25. The molecule has 1 fully saturated rings. The molecule has 0 radical (unpaired) electrons. The predicted molar refractivity (Wildman–Crippen MR) is 131 cm³/mol. The lowest BCUT2D eigenvalue weighted by atomic mass is 9.89. The van der Waals surface area contributed by atoms with Crippen LogP contribution in [0.15, 0.2) is 60.8 Å². The van der Waals surface area contributed by atoms with Crippen molar-refractivity contribution in [3.8, 4) is 6.07 Å². The average molecular weight is 449 g/mol. The lowest BCUT2D eigenvalue weighted by Gasteiger charge is -2.34. The quantitative estimate of drug-likeness (QED) is 0.460. The minimum atomic E-state index is -0.198. The van der Waals surface area contributed by atoms with E-state index in [1.165, 1.54) is 10.5 Å². The van der Waals surface area contributed by atoms with Crippen molar-refractivity contribution in [1.29, 1.82) is 5.26 Å². The van der Waals surface area contributed by atoms with Crippen LogP contribution in [0.3, 0.4) is 0 Å². The number of amides is 2. The van der Waals surface area contributed by atoms with Gasteiger partial charge in [0.05, 0.1) is 11.6 Å². The Morgan fingerprint density at radius 3 is 2.32 bits per heavy atom. The summed E-state index contributed by atoms with van der Waals surface area (Å²) in [5, 5.41) is 12.1. The second-order valence-electron chi connectivity index (χ2n) is 9.20. The number of hydrogen-bond donors (Lipinski definition) is 1. The van der Waals surface area contributed by atoms with Gasteiger partial charge in [0.2, 0.25) is 0 Å². The second-order valence-corrected chi connectivity index (χ2v) is 9.20. The molecule has 0 unspecified atom stereocenters. The van der Waals surface area contributed by atoms with Gasteiger partial charge in [-0.15, -0.1) is 0 Å². The van der Waals surface area contributed by atoms with Gasteiger partial charge in [-0.05, 0) is 73.1 Å². The lowest BCUT2D eigenvalue weighted by Crippen LogP contribution is -2.45. The molecule has 2 aliphatic heterocycles. The van der Waals surface area contributed by atoms with E-state index >= 15 is 0 Å². The monoisotopic (exact) mass is 448 g/mol. The zero-order valence-corrected chi connectivity index (χ0v) is 18.8. The zero-order chi connectivity index (χ0) is 23.2. The molecule has 6 rings (SSSR count). The van der Waals surface area contributed by atoms with Crippen LogP contribution in [0, 0.1) is 11.3 Å². The highest BCUT2D eigenvalue weighted by Gasteiger charge is 2.33. The first kappa shape index (κ1) is 20.6. The Labute approximate surface area is 197 Å². The van der Waals surface area contributed by atoms with Crippen molar-refractivity contribution in [2.45, 2.75) is 18.8 Å². The van der Waals surface area contributed by atoms with Gasteiger partial charge >= 0.3 is 0 Å². The molecule has 0 aliphatic carbocycles. The zero-order valence-electron chi connectivity index (χ0n) is 18.8. The van der Waals surface area contributed by atoms with E-state index in [0.29, 0.717) is 35.7 Å². The predicted octanol–water partition coefficient (Wildman–Crippen LogP) is 4.67. The van der Waals surface area contributed by atoms with Crippen LogP contribution in [0.4, 0.5) is 0 Å². The number of likely N-dealkylation sites (tertiary alicyclic amines) is 1. The molecule has 0 spiro atoms. The Morgan fingerprint density at radius 2 is 1.65 bits per heavy atom. The molecular formula is C28H24N4O2. The number of imide groups is 1. The fourth-order valence-corrected chi connectivity index (χ4v) is 5.54. The standard InChI is InChI=1S/C28H24N4O2/c29-16-18-7-8-25-23(15-18)24(17-30-25)19-9-11-31(12-10-19)13-14-32-27(33)21-5-1-3-20-4-2-6-22(26(20)21)28(32)34/h1-8,15,17,19,30H,9-14H2. The third-order valence-electron chi connectivity index (χ3n) is 7.37. The molecule has 2 aliphatic rings. The fourth-order valence-electron chi connectivity index (χ4n) is 5.54. The first-order valence-corrected chi connectivity index (χ1v) is 11.8. The number of aromatic amines is 1. The Hall–Kier alpha value is -3.95. The number of fused-ring (bicyclic) bond motifs is 1. The van der Waals surface area contributed by atoms with Crippen LogP contribution < -0.4 is 0 Å². The maximum absolute atomic E-state index is 13.1. The van der Waals surface area contributed by atoms with Gasteiger partial charge in [-0.3, -0.25) is 14.5 Å². The van der Waals surface area contributed by atoms with E-state index in [-0.39, 0.29) is 11.8 Å². The first-order chi connectivity index (χ1) is 16.6. The molecule has 0 saturated carbocycles. The number of rotatable bonds is 4. The summed E-state index contributed by atoms with van der Waals surface area (Å²) >= 11 is 0. The molecular weight excluding hydrogens is 424 g/mol. The number of nitriles is 1. The molecule has 0 atom stereocenters. The number of H-pyrrole nitrogens is 1. The Balaban J connectivity index is 1.13. The van der Waals surface area contributed by atoms with E-state index in [0.717, 1.165) is 47.6 Å². The second kappa shape index (κ2) is 8.12. The lowest BCUT2D eigenvalue weighted by molar-refractivity contribution is 0.0586. The van der Waals surface area contributed by atoms with Gasteiger partial charge in [-0.25, -0.2) is 0 Å². The number of piperidine rings is 1. The topological polar surface area (TPSA) is 80.2 Å². The van der Waals surface area contributed by atoms with Gasteiger partial charge in [-0.1, -0.05) is 24.3 Å². The summed E-state index contributed by atoms with van der Waals surface area (Å²) in [7, 11) is 0. The van der Waals surface area contributed by atoms with Crippen molar-refractivity contribution in [3.05, 3.63) is 83.0 Å². The summed E-state index contributed by atoms with van der Waals surface area (Å²) in [5.74, 6) is 0.0363. The smallest absolute Gasteiger partial charge is 0.261 e. The number of nitrogens with one attached hydrogen (secondary N) is 1. The van der Waals surface area contributed by atoms with Crippen molar-refractivity contribution in [3.63, 3.8) is 0 Å². The van der Waals surface area contributed by atoms with Crippen LogP contribution in [-0.4, -0.2) is 52.8 Å². The van der Waals surface area contributed by atoms with Gasteiger partial charge in [0.1, 0.15) is 0 Å². The van der Waals surface area contributed by atoms with Crippen LogP contribution >= 0.6 is 0 Å². The number of carbonyl (C=O) groups excluding carboxylic acids is 2. The van der Waals surface area contributed by atoms with E-state index < -0.39 is 0 Å². The molecule has 0 bridgehead atoms. The van der Waals surface area contributed by atoms with Gasteiger partial charge in [0.25, 0.3) is 11.8 Å². The highest BCUT2D eigenvalue weighted by atomic mass is 16.2. The summed E-state index contributed by atoms with van der Waals surface area (Å²) in [6, 6.07) is 19.3. The molecule has 168 valence electrons. The van der Waals surface area contributed by atoms with Crippen molar-refractivity contribution in [1.82, 2.24) is 14.8 Å². The third kappa shape index (κ3) is 3.28. The summed E-state index contributed by atoms with van der Waals surface area (Å²) in [4.78, 5) is 33.3. The van der Waals surface area contributed by atoms with Crippen LogP contribution in [0.2, 0.25) is 0 Å². The number of aromatic nitrogens is 1. The summed E-state index contributed by atoms with van der Waals surface area (Å²) in [6.07, 6.45) is 4.09. The third-order valence-corrected chi connectivity index (χ3v) is 7.37. The minimum absolute atomic E-state index is 0.198. The molecule has 2 amide bonds. The molecule has 3 heterocycles. The molecule has 1 saturated heterocycles. The van der Waals surface area contributed by atoms with E-state index in [4.69, 9.17) is 0 Å². The van der Waals surface area contributed by atoms with E-state index in [9.17, 15) is 14.9 Å².